The Labute approximate surface area is 109 Å². The lowest BCUT2D eigenvalue weighted by Gasteiger charge is -2.01. The van der Waals surface area contributed by atoms with Crippen molar-refractivity contribution in [2.24, 2.45) is 0 Å². The van der Waals surface area contributed by atoms with Gasteiger partial charge in [0.05, 0.1) is 11.6 Å². The summed E-state index contributed by atoms with van der Waals surface area (Å²) < 4.78 is 1.64. The van der Waals surface area contributed by atoms with E-state index < -0.39 is 0 Å². The number of benzene rings is 1. The Bertz CT molecular complexity index is 690. The SMILES string of the molecule is Oc1c(-c2ccccc2)nc2n1CC#CC(Cl)=C2. The minimum Gasteiger partial charge on any atom is -0.493 e. The number of rotatable bonds is 1. The highest BCUT2D eigenvalue weighted by Gasteiger charge is 2.17. The van der Waals surface area contributed by atoms with E-state index in [1.165, 1.54) is 0 Å². The molecule has 0 unspecified atom stereocenters. The molecule has 0 aliphatic carbocycles. The van der Waals surface area contributed by atoms with Gasteiger partial charge in [-0.3, -0.25) is 4.57 Å². The van der Waals surface area contributed by atoms with E-state index in [4.69, 9.17) is 11.6 Å². The van der Waals surface area contributed by atoms with Gasteiger partial charge in [-0.1, -0.05) is 53.8 Å². The third-order valence-corrected chi connectivity index (χ3v) is 2.92. The molecule has 0 bridgehead atoms. The standard InChI is InChI=1S/C14H9ClN2O/c15-11-7-4-8-17-12(9-11)16-13(14(17)18)10-5-2-1-3-6-10/h1-3,5-6,9,18H,8H2. The van der Waals surface area contributed by atoms with Gasteiger partial charge in [0.1, 0.15) is 11.5 Å². The molecular formula is C14H9ClN2O. The van der Waals surface area contributed by atoms with Crippen molar-refractivity contribution in [1.29, 1.82) is 0 Å². The van der Waals surface area contributed by atoms with Gasteiger partial charge < -0.3 is 5.11 Å². The van der Waals surface area contributed by atoms with Gasteiger partial charge in [0.2, 0.25) is 5.88 Å². The Morgan fingerprint density at radius 2 is 2.06 bits per heavy atom. The monoisotopic (exact) mass is 256 g/mol. The molecular weight excluding hydrogens is 248 g/mol. The normalized spacial score (nSPS) is 13.1. The molecule has 0 radical (unpaired) electrons. The van der Waals surface area contributed by atoms with E-state index in [9.17, 15) is 5.11 Å². The van der Waals surface area contributed by atoms with E-state index in [1.54, 1.807) is 10.6 Å². The van der Waals surface area contributed by atoms with Gasteiger partial charge in [-0.05, 0) is 0 Å². The van der Waals surface area contributed by atoms with E-state index in [0.717, 1.165) is 5.56 Å². The summed E-state index contributed by atoms with van der Waals surface area (Å²) in [5.41, 5.74) is 1.42. The quantitative estimate of drug-likeness (QED) is 0.797. The number of imidazole rings is 1. The molecule has 2 heterocycles. The van der Waals surface area contributed by atoms with Crippen LogP contribution in [0.3, 0.4) is 0 Å². The summed E-state index contributed by atoms with van der Waals surface area (Å²) in [7, 11) is 0. The largest absolute Gasteiger partial charge is 0.493 e. The maximum absolute atomic E-state index is 10.2. The molecule has 0 saturated carbocycles. The Morgan fingerprint density at radius 3 is 2.83 bits per heavy atom. The number of hydrogen-bond donors (Lipinski definition) is 1. The van der Waals surface area contributed by atoms with Crippen molar-refractivity contribution in [1.82, 2.24) is 9.55 Å². The fourth-order valence-electron chi connectivity index (χ4n) is 1.87. The van der Waals surface area contributed by atoms with Crippen LogP contribution in [0.5, 0.6) is 5.88 Å². The van der Waals surface area contributed by atoms with Crippen molar-refractivity contribution in [3.05, 3.63) is 41.2 Å². The van der Waals surface area contributed by atoms with E-state index in [2.05, 4.69) is 16.8 Å². The second-order valence-electron chi connectivity index (χ2n) is 3.89. The molecule has 1 aromatic carbocycles. The summed E-state index contributed by atoms with van der Waals surface area (Å²) in [6.45, 7) is 0.383. The molecule has 4 heteroatoms. The molecule has 0 fully saturated rings. The molecule has 1 aliphatic heterocycles. The highest BCUT2D eigenvalue weighted by Crippen LogP contribution is 2.31. The molecule has 1 aromatic heterocycles. The fourth-order valence-corrected chi connectivity index (χ4v) is 2.03. The Kier molecular flexibility index (Phi) is 2.58. The number of hydrogen-bond acceptors (Lipinski definition) is 2. The average Bonchev–Trinajstić information content (AvgIpc) is 2.58. The predicted octanol–water partition coefficient (Wildman–Crippen LogP) is 2.85. The van der Waals surface area contributed by atoms with E-state index in [1.807, 2.05) is 30.3 Å². The zero-order valence-corrected chi connectivity index (χ0v) is 10.1. The minimum absolute atomic E-state index is 0.119. The van der Waals surface area contributed by atoms with Crippen LogP contribution in [0.2, 0.25) is 0 Å². The first-order valence-corrected chi connectivity index (χ1v) is 5.84. The summed E-state index contributed by atoms with van der Waals surface area (Å²) in [5.74, 6) is 6.36. The molecule has 1 aliphatic rings. The van der Waals surface area contributed by atoms with Crippen LogP contribution in [0.25, 0.3) is 17.3 Å². The Hall–Kier alpha value is -2.18. The topological polar surface area (TPSA) is 38.1 Å². The molecule has 0 atom stereocenters. The second-order valence-corrected chi connectivity index (χ2v) is 4.30. The summed E-state index contributed by atoms with van der Waals surface area (Å²) in [5, 5.41) is 10.6. The maximum atomic E-state index is 10.2. The van der Waals surface area contributed by atoms with Crippen LogP contribution in [0.4, 0.5) is 0 Å². The van der Waals surface area contributed by atoms with Gasteiger partial charge in [0.25, 0.3) is 0 Å². The van der Waals surface area contributed by atoms with Crippen molar-refractivity contribution in [2.45, 2.75) is 6.54 Å². The molecule has 0 spiro atoms. The van der Waals surface area contributed by atoms with E-state index in [0.29, 0.717) is 23.1 Å². The van der Waals surface area contributed by atoms with Crippen molar-refractivity contribution in [3.63, 3.8) is 0 Å². The van der Waals surface area contributed by atoms with Crippen LogP contribution in [0.15, 0.2) is 35.4 Å². The molecule has 88 valence electrons. The third-order valence-electron chi connectivity index (χ3n) is 2.72. The Balaban J connectivity index is 2.17. The van der Waals surface area contributed by atoms with Gasteiger partial charge in [-0.15, -0.1) is 0 Å². The molecule has 3 nitrogen and oxygen atoms in total. The molecule has 1 N–H and O–H groups in total. The van der Waals surface area contributed by atoms with Gasteiger partial charge in [0.15, 0.2) is 0 Å². The first-order valence-electron chi connectivity index (χ1n) is 5.46. The summed E-state index contributed by atoms with van der Waals surface area (Å²) >= 11 is 5.91. The van der Waals surface area contributed by atoms with Crippen molar-refractivity contribution >= 4 is 17.7 Å². The fraction of sp³-hybridized carbons (Fsp3) is 0.0714. The number of halogens is 1. The number of allylic oxidation sites excluding steroid dienone is 1. The molecule has 3 rings (SSSR count). The number of fused-ring (bicyclic) bond motifs is 1. The summed E-state index contributed by atoms with van der Waals surface area (Å²) in [6, 6.07) is 9.53. The van der Waals surface area contributed by atoms with Crippen LogP contribution in [-0.4, -0.2) is 14.7 Å². The van der Waals surface area contributed by atoms with Gasteiger partial charge >= 0.3 is 0 Å². The predicted molar refractivity (Wildman–Crippen MR) is 70.9 cm³/mol. The number of aromatic nitrogens is 2. The first-order chi connectivity index (χ1) is 8.75. The van der Waals surface area contributed by atoms with Crippen molar-refractivity contribution in [2.75, 3.05) is 0 Å². The van der Waals surface area contributed by atoms with E-state index in [-0.39, 0.29) is 5.88 Å². The highest BCUT2D eigenvalue weighted by molar-refractivity contribution is 6.34. The summed E-state index contributed by atoms with van der Waals surface area (Å²) in [4.78, 5) is 4.40. The smallest absolute Gasteiger partial charge is 0.220 e. The van der Waals surface area contributed by atoms with Gasteiger partial charge in [-0.25, -0.2) is 4.98 Å². The van der Waals surface area contributed by atoms with Gasteiger partial charge in [0, 0.05) is 11.6 Å². The van der Waals surface area contributed by atoms with Crippen LogP contribution in [-0.2, 0) is 6.54 Å². The molecule has 0 saturated heterocycles. The zero-order chi connectivity index (χ0) is 12.5. The van der Waals surface area contributed by atoms with Gasteiger partial charge in [-0.2, -0.15) is 0 Å². The second kappa shape index (κ2) is 4.25. The van der Waals surface area contributed by atoms with Crippen LogP contribution in [0.1, 0.15) is 5.82 Å². The summed E-state index contributed by atoms with van der Waals surface area (Å²) in [6.07, 6.45) is 1.66. The maximum Gasteiger partial charge on any atom is 0.220 e. The minimum atomic E-state index is 0.119. The van der Waals surface area contributed by atoms with Crippen LogP contribution in [0, 0.1) is 11.8 Å². The molecule has 2 aromatic rings. The lowest BCUT2D eigenvalue weighted by atomic mass is 10.2. The van der Waals surface area contributed by atoms with E-state index >= 15 is 0 Å². The third kappa shape index (κ3) is 1.77. The van der Waals surface area contributed by atoms with Crippen molar-refractivity contribution < 1.29 is 5.11 Å². The average molecular weight is 257 g/mol. The number of nitrogens with zero attached hydrogens (tertiary/aromatic N) is 2. The van der Waals surface area contributed by atoms with Crippen molar-refractivity contribution in [3.8, 4) is 29.0 Å². The molecule has 18 heavy (non-hydrogen) atoms. The Morgan fingerprint density at radius 1 is 1.28 bits per heavy atom. The number of aromatic hydroxyl groups is 1. The highest BCUT2D eigenvalue weighted by atomic mass is 35.5. The van der Waals surface area contributed by atoms with Crippen LogP contribution >= 0.6 is 11.6 Å². The molecule has 0 amide bonds. The zero-order valence-electron chi connectivity index (χ0n) is 9.39. The lowest BCUT2D eigenvalue weighted by molar-refractivity contribution is 0.428. The lowest BCUT2D eigenvalue weighted by Crippen LogP contribution is -1.96. The first kappa shape index (κ1) is 10.9. The van der Waals surface area contributed by atoms with Crippen LogP contribution < -0.4 is 0 Å².